The fourth-order valence-electron chi connectivity index (χ4n) is 1.35. The zero-order valence-corrected chi connectivity index (χ0v) is 10.6. The number of carbonyl (C=O) groups excluding carboxylic acids is 1. The van der Waals surface area contributed by atoms with Crippen LogP contribution in [0.1, 0.15) is 23.7 Å². The Morgan fingerprint density at radius 2 is 2.41 bits per heavy atom. The molecule has 1 amide bonds. The number of amides is 1. The molecule has 1 unspecified atom stereocenters. The minimum absolute atomic E-state index is 0.0509. The molecule has 1 aromatic rings. The highest BCUT2D eigenvalue weighted by Gasteiger charge is 2.15. The number of carbonyl (C=O) groups is 1. The Bertz CT molecular complexity index is 398. The van der Waals surface area contributed by atoms with Crippen LogP contribution in [0.2, 0.25) is 5.15 Å². The van der Waals surface area contributed by atoms with Gasteiger partial charge in [0, 0.05) is 7.11 Å². The molecule has 5 nitrogen and oxygen atoms in total. The van der Waals surface area contributed by atoms with Gasteiger partial charge in [-0.15, -0.1) is 0 Å². The number of nitrogens with zero attached hydrogens (tertiary/aromatic N) is 1. The average molecular weight is 258 g/mol. The van der Waals surface area contributed by atoms with Crippen molar-refractivity contribution >= 4 is 23.2 Å². The first-order valence-corrected chi connectivity index (χ1v) is 5.67. The number of halogens is 1. The van der Waals surface area contributed by atoms with Gasteiger partial charge in [0.25, 0.3) is 5.91 Å². The molecule has 3 N–H and O–H groups in total. The second-order valence-corrected chi connectivity index (χ2v) is 4.00. The van der Waals surface area contributed by atoms with Gasteiger partial charge in [0.2, 0.25) is 0 Å². The van der Waals surface area contributed by atoms with Crippen LogP contribution >= 0.6 is 11.6 Å². The van der Waals surface area contributed by atoms with Gasteiger partial charge in [-0.05, 0) is 12.5 Å². The molecule has 0 radical (unpaired) electrons. The zero-order valence-electron chi connectivity index (χ0n) is 9.87. The molecule has 6 heteroatoms. The van der Waals surface area contributed by atoms with Crippen LogP contribution in [-0.4, -0.2) is 30.6 Å². The van der Waals surface area contributed by atoms with E-state index in [0.717, 1.165) is 6.42 Å². The third-order valence-electron chi connectivity index (χ3n) is 2.30. The van der Waals surface area contributed by atoms with Gasteiger partial charge in [-0.3, -0.25) is 4.79 Å². The summed E-state index contributed by atoms with van der Waals surface area (Å²) in [6.45, 7) is 2.42. The third-order valence-corrected chi connectivity index (χ3v) is 2.60. The van der Waals surface area contributed by atoms with Crippen LogP contribution < -0.4 is 11.1 Å². The maximum atomic E-state index is 11.9. The van der Waals surface area contributed by atoms with E-state index in [1.807, 2.05) is 6.92 Å². The summed E-state index contributed by atoms with van der Waals surface area (Å²) in [5, 5.41) is 2.95. The second kappa shape index (κ2) is 6.42. The summed E-state index contributed by atoms with van der Waals surface area (Å²) in [5.74, 6) is -0.293. The Balaban J connectivity index is 2.78. The van der Waals surface area contributed by atoms with Gasteiger partial charge < -0.3 is 15.8 Å². The molecule has 1 heterocycles. The van der Waals surface area contributed by atoms with Gasteiger partial charge in [0.15, 0.2) is 0 Å². The lowest BCUT2D eigenvalue weighted by atomic mass is 10.2. The molecule has 0 spiro atoms. The largest absolute Gasteiger partial charge is 0.397 e. The maximum Gasteiger partial charge on any atom is 0.254 e. The number of ether oxygens (including phenoxy) is 1. The number of hydrogen-bond acceptors (Lipinski definition) is 4. The van der Waals surface area contributed by atoms with Gasteiger partial charge in [0.1, 0.15) is 5.15 Å². The Kier molecular flexibility index (Phi) is 5.18. The minimum Gasteiger partial charge on any atom is -0.397 e. The molecule has 0 aromatic carbocycles. The molecule has 0 aliphatic rings. The van der Waals surface area contributed by atoms with E-state index in [-0.39, 0.29) is 22.7 Å². The predicted molar refractivity (Wildman–Crippen MR) is 67.1 cm³/mol. The van der Waals surface area contributed by atoms with E-state index in [0.29, 0.717) is 12.3 Å². The summed E-state index contributed by atoms with van der Waals surface area (Å²) in [5.41, 5.74) is 6.24. The third kappa shape index (κ3) is 3.87. The fourth-order valence-corrected chi connectivity index (χ4v) is 1.54. The zero-order chi connectivity index (χ0) is 12.8. The molecule has 0 bridgehead atoms. The molecule has 0 fully saturated rings. The highest BCUT2D eigenvalue weighted by molar-refractivity contribution is 6.32. The lowest BCUT2D eigenvalue weighted by Gasteiger charge is -2.16. The standard InChI is InChI=1S/C11H16ClN3O2/c1-3-8(6-17-2)15-11(16)9-4-7(13)5-14-10(9)12/h4-5,8H,3,6,13H2,1-2H3,(H,15,16). The van der Waals surface area contributed by atoms with Crippen molar-refractivity contribution in [1.82, 2.24) is 10.3 Å². The van der Waals surface area contributed by atoms with Gasteiger partial charge in [-0.2, -0.15) is 0 Å². The van der Waals surface area contributed by atoms with Crippen LogP contribution in [0.3, 0.4) is 0 Å². The summed E-state index contributed by atoms with van der Waals surface area (Å²) in [7, 11) is 1.59. The molecule has 1 aromatic heterocycles. The van der Waals surface area contributed by atoms with Gasteiger partial charge in [0.05, 0.1) is 30.1 Å². The maximum absolute atomic E-state index is 11.9. The fraction of sp³-hybridized carbons (Fsp3) is 0.455. The predicted octanol–water partition coefficient (Wildman–Crippen LogP) is 1.47. The number of methoxy groups -OCH3 is 1. The van der Waals surface area contributed by atoms with E-state index in [4.69, 9.17) is 22.1 Å². The quantitative estimate of drug-likeness (QED) is 0.783. The van der Waals surface area contributed by atoms with Crippen LogP contribution in [0.15, 0.2) is 12.3 Å². The van der Waals surface area contributed by atoms with Crippen molar-refractivity contribution in [2.45, 2.75) is 19.4 Å². The van der Waals surface area contributed by atoms with E-state index in [2.05, 4.69) is 10.3 Å². The van der Waals surface area contributed by atoms with E-state index in [1.54, 1.807) is 7.11 Å². The number of anilines is 1. The van der Waals surface area contributed by atoms with Crippen LogP contribution in [-0.2, 0) is 4.74 Å². The molecule has 94 valence electrons. The normalized spacial score (nSPS) is 12.2. The van der Waals surface area contributed by atoms with Crippen molar-refractivity contribution in [3.8, 4) is 0 Å². The van der Waals surface area contributed by atoms with Crippen LogP contribution in [0.4, 0.5) is 5.69 Å². The van der Waals surface area contributed by atoms with Crippen molar-refractivity contribution in [3.63, 3.8) is 0 Å². The first-order chi connectivity index (χ1) is 8.08. The number of nitrogen functional groups attached to an aromatic ring is 1. The number of nitrogens with one attached hydrogen (secondary N) is 1. The van der Waals surface area contributed by atoms with Crippen LogP contribution in [0.5, 0.6) is 0 Å². The SMILES string of the molecule is CCC(COC)NC(=O)c1cc(N)cnc1Cl. The first kappa shape index (κ1) is 13.7. The molecule has 1 atom stereocenters. The van der Waals surface area contributed by atoms with Crippen molar-refractivity contribution in [3.05, 3.63) is 23.0 Å². The molecule has 1 rings (SSSR count). The van der Waals surface area contributed by atoms with Crippen molar-refractivity contribution < 1.29 is 9.53 Å². The van der Waals surface area contributed by atoms with Crippen molar-refractivity contribution in [1.29, 1.82) is 0 Å². The molecule has 0 saturated carbocycles. The number of rotatable bonds is 5. The van der Waals surface area contributed by atoms with E-state index in [9.17, 15) is 4.79 Å². The molecule has 0 aliphatic carbocycles. The Morgan fingerprint density at radius 1 is 1.71 bits per heavy atom. The molecule has 0 saturated heterocycles. The second-order valence-electron chi connectivity index (χ2n) is 3.64. The van der Waals surface area contributed by atoms with Crippen molar-refractivity contribution in [2.24, 2.45) is 0 Å². The van der Waals surface area contributed by atoms with E-state index in [1.165, 1.54) is 12.3 Å². The lowest BCUT2D eigenvalue weighted by molar-refractivity contribution is 0.0894. The smallest absolute Gasteiger partial charge is 0.254 e. The average Bonchev–Trinajstić information content (AvgIpc) is 2.31. The summed E-state index contributed by atoms with van der Waals surface area (Å²) in [6, 6.07) is 1.45. The Morgan fingerprint density at radius 3 is 3.00 bits per heavy atom. The molecular formula is C11H16ClN3O2. The number of nitrogens with two attached hydrogens (primary N) is 1. The number of aromatic nitrogens is 1. The van der Waals surface area contributed by atoms with Gasteiger partial charge >= 0.3 is 0 Å². The summed E-state index contributed by atoms with van der Waals surface area (Å²) >= 11 is 5.84. The first-order valence-electron chi connectivity index (χ1n) is 5.29. The van der Waals surface area contributed by atoms with Crippen molar-refractivity contribution in [2.75, 3.05) is 19.5 Å². The van der Waals surface area contributed by atoms with Crippen LogP contribution in [0.25, 0.3) is 0 Å². The van der Waals surface area contributed by atoms with E-state index < -0.39 is 0 Å². The summed E-state index contributed by atoms with van der Waals surface area (Å²) < 4.78 is 5.00. The summed E-state index contributed by atoms with van der Waals surface area (Å²) in [4.78, 5) is 15.7. The molecule has 0 aliphatic heterocycles. The van der Waals surface area contributed by atoms with Crippen LogP contribution in [0, 0.1) is 0 Å². The van der Waals surface area contributed by atoms with Gasteiger partial charge in [-0.1, -0.05) is 18.5 Å². The van der Waals surface area contributed by atoms with Gasteiger partial charge in [-0.25, -0.2) is 4.98 Å². The highest BCUT2D eigenvalue weighted by atomic mass is 35.5. The molecular weight excluding hydrogens is 242 g/mol. The Hall–Kier alpha value is -1.33. The topological polar surface area (TPSA) is 77.2 Å². The highest BCUT2D eigenvalue weighted by Crippen LogP contribution is 2.15. The monoisotopic (exact) mass is 257 g/mol. The number of hydrogen-bond donors (Lipinski definition) is 2. The minimum atomic E-state index is -0.293. The summed E-state index contributed by atoms with van der Waals surface area (Å²) in [6.07, 6.45) is 2.18. The van der Waals surface area contributed by atoms with E-state index >= 15 is 0 Å². The molecule has 17 heavy (non-hydrogen) atoms. The Labute approximate surface area is 105 Å². The lowest BCUT2D eigenvalue weighted by Crippen LogP contribution is -2.37. The number of pyridine rings is 1.